The molecule has 5 heteroatoms. The van der Waals surface area contributed by atoms with Crippen LogP contribution >= 0.6 is 11.3 Å². The molecule has 18 heavy (non-hydrogen) atoms. The molecular weight excluding hydrogens is 246 g/mol. The summed E-state index contributed by atoms with van der Waals surface area (Å²) in [4.78, 5) is 8.02. The summed E-state index contributed by atoms with van der Waals surface area (Å²) in [6.07, 6.45) is 2.66. The van der Waals surface area contributed by atoms with Gasteiger partial charge in [-0.1, -0.05) is 0 Å². The van der Waals surface area contributed by atoms with E-state index in [2.05, 4.69) is 29.2 Å². The second kappa shape index (κ2) is 6.61. The number of aromatic nitrogens is 1. The van der Waals surface area contributed by atoms with E-state index >= 15 is 0 Å². The molecule has 0 saturated heterocycles. The lowest BCUT2D eigenvalue weighted by atomic mass is 10.2. The standard InChI is InChI=1S/C13H23N3OS/c1-10-13(18-9-15-10)7-16(2)12(8-17-3)6-14-11-4-5-11/h9,11-12,14H,4-8H2,1-3H3. The van der Waals surface area contributed by atoms with Gasteiger partial charge >= 0.3 is 0 Å². The molecule has 1 N–H and O–H groups in total. The molecular formula is C13H23N3OS. The van der Waals surface area contributed by atoms with Crippen molar-refractivity contribution in [2.75, 3.05) is 27.3 Å². The molecule has 0 aromatic carbocycles. The highest BCUT2D eigenvalue weighted by Gasteiger charge is 2.23. The van der Waals surface area contributed by atoms with Crippen molar-refractivity contribution >= 4 is 11.3 Å². The molecule has 1 fully saturated rings. The predicted molar refractivity (Wildman–Crippen MR) is 75.0 cm³/mol. The van der Waals surface area contributed by atoms with Gasteiger partial charge in [0.2, 0.25) is 0 Å². The molecule has 1 unspecified atom stereocenters. The van der Waals surface area contributed by atoms with Crippen LogP contribution in [0.5, 0.6) is 0 Å². The molecule has 1 saturated carbocycles. The van der Waals surface area contributed by atoms with Crippen molar-refractivity contribution in [3.8, 4) is 0 Å². The highest BCUT2D eigenvalue weighted by molar-refractivity contribution is 7.09. The van der Waals surface area contributed by atoms with Crippen molar-refractivity contribution in [3.05, 3.63) is 16.1 Å². The van der Waals surface area contributed by atoms with E-state index in [9.17, 15) is 0 Å². The Morgan fingerprint density at radius 1 is 1.61 bits per heavy atom. The van der Waals surface area contributed by atoms with Crippen molar-refractivity contribution in [2.45, 2.75) is 38.4 Å². The maximum absolute atomic E-state index is 5.33. The number of likely N-dealkylation sites (N-methyl/N-ethyl adjacent to an activating group) is 1. The number of methoxy groups -OCH3 is 1. The van der Waals surface area contributed by atoms with Gasteiger partial charge in [-0.05, 0) is 26.8 Å². The first-order chi connectivity index (χ1) is 8.70. The number of hydrogen-bond acceptors (Lipinski definition) is 5. The maximum Gasteiger partial charge on any atom is 0.0798 e. The van der Waals surface area contributed by atoms with E-state index in [1.54, 1.807) is 18.4 Å². The van der Waals surface area contributed by atoms with Gasteiger partial charge in [-0.2, -0.15) is 0 Å². The molecule has 1 aliphatic carbocycles. The fourth-order valence-electron chi connectivity index (χ4n) is 1.96. The highest BCUT2D eigenvalue weighted by atomic mass is 32.1. The Balaban J connectivity index is 1.85. The first kappa shape index (κ1) is 13.9. The molecule has 0 aliphatic heterocycles. The van der Waals surface area contributed by atoms with Crippen LogP contribution in [0, 0.1) is 6.92 Å². The Morgan fingerprint density at radius 2 is 2.39 bits per heavy atom. The smallest absolute Gasteiger partial charge is 0.0798 e. The van der Waals surface area contributed by atoms with Gasteiger partial charge in [0, 0.05) is 37.2 Å². The summed E-state index contributed by atoms with van der Waals surface area (Å²) in [5, 5.41) is 3.58. The van der Waals surface area contributed by atoms with Crippen LogP contribution in [0.25, 0.3) is 0 Å². The molecule has 0 bridgehead atoms. The van der Waals surface area contributed by atoms with Crippen LogP contribution in [0.4, 0.5) is 0 Å². The fourth-order valence-corrected chi connectivity index (χ4v) is 2.80. The van der Waals surface area contributed by atoms with Crippen LogP contribution in [0.15, 0.2) is 5.51 Å². The molecule has 1 heterocycles. The Morgan fingerprint density at radius 3 is 2.94 bits per heavy atom. The second-order valence-electron chi connectivity index (χ2n) is 5.07. The van der Waals surface area contributed by atoms with E-state index in [4.69, 9.17) is 4.74 Å². The predicted octanol–water partition coefficient (Wildman–Crippen LogP) is 1.65. The summed E-state index contributed by atoms with van der Waals surface area (Å²) >= 11 is 1.74. The SMILES string of the molecule is COCC(CNC1CC1)N(C)Cc1scnc1C. The van der Waals surface area contributed by atoms with Gasteiger partial charge in [-0.15, -0.1) is 11.3 Å². The Labute approximate surface area is 113 Å². The summed E-state index contributed by atoms with van der Waals surface area (Å²) in [7, 11) is 3.94. The minimum absolute atomic E-state index is 0.428. The Bertz CT molecular complexity index is 365. The van der Waals surface area contributed by atoms with Crippen LogP contribution in [0.1, 0.15) is 23.4 Å². The highest BCUT2D eigenvalue weighted by Crippen LogP contribution is 2.19. The molecule has 102 valence electrons. The molecule has 0 spiro atoms. The molecule has 0 radical (unpaired) electrons. The monoisotopic (exact) mass is 269 g/mol. The van der Waals surface area contributed by atoms with Crippen LogP contribution in [-0.4, -0.2) is 49.3 Å². The molecule has 1 aromatic heterocycles. The number of ether oxygens (including phenoxy) is 1. The Kier molecular flexibility index (Phi) is 5.12. The number of hydrogen-bond donors (Lipinski definition) is 1. The van der Waals surface area contributed by atoms with Crippen molar-refractivity contribution in [1.82, 2.24) is 15.2 Å². The lowest BCUT2D eigenvalue weighted by molar-refractivity contribution is 0.101. The van der Waals surface area contributed by atoms with Gasteiger partial charge in [0.1, 0.15) is 0 Å². The summed E-state index contributed by atoms with van der Waals surface area (Å²) in [6.45, 7) is 4.81. The van der Waals surface area contributed by atoms with E-state index in [1.807, 2.05) is 5.51 Å². The van der Waals surface area contributed by atoms with Crippen molar-refractivity contribution in [2.24, 2.45) is 0 Å². The first-order valence-electron chi connectivity index (χ1n) is 6.52. The Hall–Kier alpha value is -0.490. The van der Waals surface area contributed by atoms with Crippen LogP contribution in [-0.2, 0) is 11.3 Å². The zero-order chi connectivity index (χ0) is 13.0. The van der Waals surface area contributed by atoms with E-state index in [-0.39, 0.29) is 0 Å². The van der Waals surface area contributed by atoms with Crippen molar-refractivity contribution in [1.29, 1.82) is 0 Å². The lowest BCUT2D eigenvalue weighted by Gasteiger charge is -2.27. The molecule has 2 rings (SSSR count). The molecule has 1 atom stereocenters. The summed E-state index contributed by atoms with van der Waals surface area (Å²) in [5.74, 6) is 0. The van der Waals surface area contributed by atoms with E-state index in [1.165, 1.54) is 17.7 Å². The van der Waals surface area contributed by atoms with Crippen LogP contribution in [0.2, 0.25) is 0 Å². The van der Waals surface area contributed by atoms with Gasteiger partial charge in [0.05, 0.1) is 17.8 Å². The third-order valence-electron chi connectivity index (χ3n) is 3.44. The second-order valence-corrected chi connectivity index (χ2v) is 6.01. The van der Waals surface area contributed by atoms with E-state index < -0.39 is 0 Å². The summed E-state index contributed by atoms with van der Waals surface area (Å²) < 4.78 is 5.33. The average molecular weight is 269 g/mol. The minimum atomic E-state index is 0.428. The van der Waals surface area contributed by atoms with Gasteiger partial charge in [-0.25, -0.2) is 4.98 Å². The fraction of sp³-hybridized carbons (Fsp3) is 0.769. The average Bonchev–Trinajstić information content (AvgIpc) is 3.09. The third kappa shape index (κ3) is 4.02. The summed E-state index contributed by atoms with van der Waals surface area (Å²) in [5.41, 5.74) is 3.07. The maximum atomic E-state index is 5.33. The van der Waals surface area contributed by atoms with Crippen molar-refractivity contribution < 1.29 is 4.74 Å². The van der Waals surface area contributed by atoms with Gasteiger partial charge in [0.15, 0.2) is 0 Å². The minimum Gasteiger partial charge on any atom is -0.383 e. The first-order valence-corrected chi connectivity index (χ1v) is 7.40. The lowest BCUT2D eigenvalue weighted by Crippen LogP contribution is -2.43. The van der Waals surface area contributed by atoms with Gasteiger partial charge < -0.3 is 10.1 Å². The number of nitrogens with one attached hydrogen (secondary N) is 1. The third-order valence-corrected chi connectivity index (χ3v) is 4.36. The molecule has 1 aliphatic rings. The largest absolute Gasteiger partial charge is 0.383 e. The number of aryl methyl sites for hydroxylation is 1. The molecule has 4 nitrogen and oxygen atoms in total. The zero-order valence-corrected chi connectivity index (χ0v) is 12.3. The number of nitrogens with zero attached hydrogens (tertiary/aromatic N) is 2. The summed E-state index contributed by atoms with van der Waals surface area (Å²) in [6, 6.07) is 1.18. The molecule has 1 aromatic rings. The zero-order valence-electron chi connectivity index (χ0n) is 11.5. The van der Waals surface area contributed by atoms with Crippen LogP contribution < -0.4 is 5.32 Å². The topological polar surface area (TPSA) is 37.4 Å². The van der Waals surface area contributed by atoms with E-state index in [0.717, 1.165) is 31.4 Å². The quantitative estimate of drug-likeness (QED) is 0.779. The number of thiazole rings is 1. The van der Waals surface area contributed by atoms with Gasteiger partial charge in [0.25, 0.3) is 0 Å². The van der Waals surface area contributed by atoms with E-state index in [0.29, 0.717) is 6.04 Å². The van der Waals surface area contributed by atoms with Crippen LogP contribution in [0.3, 0.4) is 0 Å². The van der Waals surface area contributed by atoms with Gasteiger partial charge in [-0.3, -0.25) is 4.90 Å². The molecule has 0 amide bonds. The number of rotatable bonds is 8. The van der Waals surface area contributed by atoms with Crippen molar-refractivity contribution in [3.63, 3.8) is 0 Å². The normalized spacial score (nSPS) is 17.3.